The molecule has 3 heterocycles. The van der Waals surface area contributed by atoms with Gasteiger partial charge in [0.25, 0.3) is 0 Å². The molecular weight excluding hydrogens is 292 g/mol. The summed E-state index contributed by atoms with van der Waals surface area (Å²) in [4.78, 5) is 20.6. The number of urea groups is 1. The molecule has 0 aliphatic carbocycles. The Labute approximate surface area is 137 Å². The molecule has 1 aromatic rings. The lowest BCUT2D eigenvalue weighted by molar-refractivity contribution is 0.150. The minimum atomic E-state index is 0.101. The highest BCUT2D eigenvalue weighted by atomic mass is 16.5. The number of rotatable bonds is 6. The van der Waals surface area contributed by atoms with E-state index in [1.807, 2.05) is 24.0 Å². The van der Waals surface area contributed by atoms with Crippen molar-refractivity contribution in [1.82, 2.24) is 20.1 Å². The van der Waals surface area contributed by atoms with E-state index in [-0.39, 0.29) is 6.03 Å². The van der Waals surface area contributed by atoms with Gasteiger partial charge in [-0.05, 0) is 44.8 Å². The van der Waals surface area contributed by atoms with Crippen molar-refractivity contribution in [2.45, 2.75) is 26.3 Å². The second-order valence-electron chi connectivity index (χ2n) is 6.30. The molecule has 2 saturated heterocycles. The summed E-state index contributed by atoms with van der Waals surface area (Å²) in [5.41, 5.74) is 1.06. The van der Waals surface area contributed by atoms with Crippen LogP contribution in [0.4, 0.5) is 4.79 Å². The van der Waals surface area contributed by atoms with Crippen LogP contribution in [0, 0.1) is 5.92 Å². The summed E-state index contributed by atoms with van der Waals surface area (Å²) in [6.07, 6.45) is 2.30. The van der Waals surface area contributed by atoms with Gasteiger partial charge in [-0.25, -0.2) is 9.78 Å². The van der Waals surface area contributed by atoms with E-state index in [4.69, 9.17) is 4.74 Å². The molecule has 6 nitrogen and oxygen atoms in total. The van der Waals surface area contributed by atoms with Gasteiger partial charge in [-0.1, -0.05) is 6.07 Å². The first-order chi connectivity index (χ1) is 11.2. The number of hydrogen-bond acceptors (Lipinski definition) is 4. The Morgan fingerprint density at radius 1 is 1.30 bits per heavy atom. The highest BCUT2D eigenvalue weighted by molar-refractivity contribution is 5.76. The Morgan fingerprint density at radius 3 is 2.83 bits per heavy atom. The maximum atomic E-state index is 11.6. The van der Waals surface area contributed by atoms with E-state index in [9.17, 15) is 4.79 Å². The Morgan fingerprint density at radius 2 is 2.13 bits per heavy atom. The van der Waals surface area contributed by atoms with Crippen LogP contribution in [0.3, 0.4) is 0 Å². The number of ether oxygens (including phenoxy) is 1. The third kappa shape index (κ3) is 4.34. The van der Waals surface area contributed by atoms with E-state index in [2.05, 4.69) is 21.3 Å². The molecule has 2 aliphatic heterocycles. The highest BCUT2D eigenvalue weighted by Crippen LogP contribution is 2.21. The van der Waals surface area contributed by atoms with Gasteiger partial charge in [-0.3, -0.25) is 4.90 Å². The first kappa shape index (κ1) is 16.1. The number of pyridine rings is 1. The van der Waals surface area contributed by atoms with Crippen LogP contribution < -0.4 is 10.1 Å². The minimum absolute atomic E-state index is 0.101. The number of amides is 2. The number of hydrogen-bond donors (Lipinski definition) is 1. The van der Waals surface area contributed by atoms with Crippen LogP contribution in [-0.4, -0.2) is 60.1 Å². The van der Waals surface area contributed by atoms with E-state index in [0.29, 0.717) is 18.4 Å². The molecule has 0 unspecified atom stereocenters. The van der Waals surface area contributed by atoms with Crippen LogP contribution in [0.5, 0.6) is 5.88 Å². The molecule has 126 valence electrons. The van der Waals surface area contributed by atoms with E-state index in [0.717, 1.165) is 57.8 Å². The zero-order valence-corrected chi connectivity index (χ0v) is 13.8. The molecule has 23 heavy (non-hydrogen) atoms. The van der Waals surface area contributed by atoms with Crippen LogP contribution in [0.1, 0.15) is 25.5 Å². The van der Waals surface area contributed by atoms with Gasteiger partial charge in [0, 0.05) is 32.2 Å². The predicted octanol–water partition coefficient (Wildman–Crippen LogP) is 1.72. The Kier molecular flexibility index (Phi) is 5.33. The zero-order valence-electron chi connectivity index (χ0n) is 13.8. The number of aromatic nitrogens is 1. The van der Waals surface area contributed by atoms with E-state index in [1.54, 1.807) is 0 Å². The van der Waals surface area contributed by atoms with Crippen molar-refractivity contribution in [3.05, 3.63) is 23.9 Å². The van der Waals surface area contributed by atoms with Crippen molar-refractivity contribution in [3.8, 4) is 5.88 Å². The molecule has 2 fully saturated rings. The third-order valence-electron chi connectivity index (χ3n) is 4.59. The highest BCUT2D eigenvalue weighted by Gasteiger charge is 2.26. The Balaban J connectivity index is 1.45. The molecule has 0 radical (unpaired) electrons. The van der Waals surface area contributed by atoms with Gasteiger partial charge >= 0.3 is 6.03 Å². The second-order valence-corrected chi connectivity index (χ2v) is 6.30. The van der Waals surface area contributed by atoms with Crippen LogP contribution in [0.15, 0.2) is 18.2 Å². The van der Waals surface area contributed by atoms with Crippen LogP contribution >= 0.6 is 0 Å². The lowest BCUT2D eigenvalue weighted by Gasteiger charge is -2.33. The summed E-state index contributed by atoms with van der Waals surface area (Å²) in [5.74, 6) is 1.33. The van der Waals surface area contributed by atoms with Crippen molar-refractivity contribution in [3.63, 3.8) is 0 Å². The van der Waals surface area contributed by atoms with Gasteiger partial charge in [0.05, 0.1) is 12.3 Å². The molecule has 0 saturated carbocycles. The molecule has 3 rings (SSSR count). The molecule has 1 aromatic heterocycles. The normalized spacial score (nSPS) is 19.9. The monoisotopic (exact) mass is 318 g/mol. The van der Waals surface area contributed by atoms with Crippen LogP contribution in [0.25, 0.3) is 0 Å². The first-order valence-corrected chi connectivity index (χ1v) is 8.58. The van der Waals surface area contributed by atoms with Crippen molar-refractivity contribution < 1.29 is 9.53 Å². The van der Waals surface area contributed by atoms with E-state index >= 15 is 0 Å². The van der Waals surface area contributed by atoms with Crippen molar-refractivity contribution in [2.24, 2.45) is 5.92 Å². The summed E-state index contributed by atoms with van der Waals surface area (Å²) in [7, 11) is 0. The van der Waals surface area contributed by atoms with Gasteiger partial charge in [-0.15, -0.1) is 0 Å². The molecule has 1 N–H and O–H groups in total. The Hall–Kier alpha value is -1.82. The molecule has 0 spiro atoms. The summed E-state index contributed by atoms with van der Waals surface area (Å²) in [6.45, 7) is 8.18. The number of piperidine rings is 1. The smallest absolute Gasteiger partial charge is 0.317 e. The average Bonchev–Trinajstić information content (AvgIpc) is 2.95. The molecule has 6 heteroatoms. The van der Waals surface area contributed by atoms with Gasteiger partial charge in [0.15, 0.2) is 0 Å². The summed E-state index contributed by atoms with van der Waals surface area (Å²) in [6, 6.07) is 6.07. The summed E-state index contributed by atoms with van der Waals surface area (Å²) in [5, 5.41) is 2.87. The number of carbonyl (C=O) groups excluding carboxylic acids is 1. The maximum absolute atomic E-state index is 11.6. The molecule has 0 bridgehead atoms. The minimum Gasteiger partial charge on any atom is -0.478 e. The fourth-order valence-corrected chi connectivity index (χ4v) is 3.33. The fraction of sp³-hybridized carbons (Fsp3) is 0.647. The van der Waals surface area contributed by atoms with E-state index < -0.39 is 0 Å². The molecule has 0 atom stereocenters. The average molecular weight is 318 g/mol. The van der Waals surface area contributed by atoms with Gasteiger partial charge in [-0.2, -0.15) is 0 Å². The van der Waals surface area contributed by atoms with Crippen molar-refractivity contribution in [1.29, 1.82) is 0 Å². The van der Waals surface area contributed by atoms with E-state index in [1.165, 1.54) is 0 Å². The summed E-state index contributed by atoms with van der Waals surface area (Å²) < 4.78 is 5.46. The maximum Gasteiger partial charge on any atom is 0.317 e. The second kappa shape index (κ2) is 7.64. The molecule has 0 aromatic carbocycles. The first-order valence-electron chi connectivity index (χ1n) is 8.58. The van der Waals surface area contributed by atoms with Crippen molar-refractivity contribution in [2.75, 3.05) is 39.3 Å². The number of nitrogens with zero attached hydrogens (tertiary/aromatic N) is 3. The topological polar surface area (TPSA) is 57.7 Å². The van der Waals surface area contributed by atoms with Gasteiger partial charge < -0.3 is 15.0 Å². The summed E-state index contributed by atoms with van der Waals surface area (Å²) >= 11 is 0. The number of carbonyl (C=O) groups is 1. The van der Waals surface area contributed by atoms with Crippen molar-refractivity contribution >= 4 is 6.03 Å². The van der Waals surface area contributed by atoms with Crippen LogP contribution in [-0.2, 0) is 6.54 Å². The van der Waals surface area contributed by atoms with Crippen LogP contribution in [0.2, 0.25) is 0 Å². The lowest BCUT2D eigenvalue weighted by Crippen LogP contribution is -2.39. The zero-order chi connectivity index (χ0) is 16.1. The van der Waals surface area contributed by atoms with Gasteiger partial charge in [0.2, 0.25) is 5.88 Å². The molecular formula is C17H26N4O2. The molecule has 2 amide bonds. The third-order valence-corrected chi connectivity index (χ3v) is 4.59. The number of likely N-dealkylation sites (tertiary alicyclic amines) is 1. The fourth-order valence-electron chi connectivity index (χ4n) is 3.33. The Bertz CT molecular complexity index is 529. The standard InChI is InChI=1S/C17H26N4O2/c1-2-23-16-5-3-4-15(19-16)13-20-9-6-14(7-10-20)12-21-11-8-18-17(21)22/h3-5,14H,2,6-13H2,1H3,(H,18,22). The van der Waals surface area contributed by atoms with Gasteiger partial charge in [0.1, 0.15) is 0 Å². The molecule has 2 aliphatic rings. The lowest BCUT2D eigenvalue weighted by atomic mass is 9.96. The quantitative estimate of drug-likeness (QED) is 0.868. The largest absolute Gasteiger partial charge is 0.478 e. The number of nitrogens with one attached hydrogen (secondary N) is 1. The predicted molar refractivity (Wildman–Crippen MR) is 88.4 cm³/mol. The SMILES string of the molecule is CCOc1cccc(CN2CCC(CN3CCNC3=O)CC2)n1.